The second-order valence-electron chi connectivity index (χ2n) is 19.8. The fourth-order valence-corrected chi connectivity index (χ4v) is 9.14. The van der Waals surface area contributed by atoms with E-state index in [4.69, 9.17) is 26.7 Å². The van der Waals surface area contributed by atoms with Crippen molar-refractivity contribution in [1.29, 1.82) is 0 Å². The summed E-state index contributed by atoms with van der Waals surface area (Å²) in [5.74, 6) is 0.795. The Morgan fingerprint density at radius 3 is 1.81 bits per heavy atom. The summed E-state index contributed by atoms with van der Waals surface area (Å²) in [6.07, 6.45) is 25.9. The Labute approximate surface area is 494 Å². The number of aliphatic carboxylic acids is 1. The number of nitrogens with one attached hydrogen (secondary N) is 4. The Bertz CT molecular complexity index is 4160. The number of fused-ring (bicyclic) bond motifs is 3. The molecule has 0 aliphatic carbocycles. The molecule has 428 valence electrons. The molecule has 0 aliphatic heterocycles. The molecule has 0 saturated carbocycles. The second kappa shape index (κ2) is 28.0. The van der Waals surface area contributed by atoms with Crippen LogP contribution in [0.15, 0.2) is 202 Å². The maximum absolute atomic E-state index is 14.1. The van der Waals surface area contributed by atoms with Crippen LogP contribution in [0.4, 0.5) is 27.5 Å². The minimum Gasteiger partial charge on any atom is -0.481 e. The van der Waals surface area contributed by atoms with Gasteiger partial charge in [0, 0.05) is 146 Å². The summed E-state index contributed by atoms with van der Waals surface area (Å²) >= 11 is 5.99. The van der Waals surface area contributed by atoms with Crippen LogP contribution in [0.3, 0.4) is 0 Å². The van der Waals surface area contributed by atoms with Crippen LogP contribution in [0.1, 0.15) is 33.5 Å². The number of anilines is 4. The van der Waals surface area contributed by atoms with Gasteiger partial charge in [0.15, 0.2) is 34.4 Å². The van der Waals surface area contributed by atoms with Crippen LogP contribution in [0.25, 0.3) is 50.7 Å². The Morgan fingerprint density at radius 1 is 0.576 bits per heavy atom. The van der Waals surface area contributed by atoms with E-state index in [0.29, 0.717) is 64.3 Å². The minimum absolute atomic E-state index is 0.105. The summed E-state index contributed by atoms with van der Waals surface area (Å²) in [4.78, 5) is 60.7. The lowest BCUT2D eigenvalue weighted by molar-refractivity contribution is -0.136. The molecule has 12 rings (SSSR count). The topological polar surface area (TPSA) is 222 Å². The first-order valence-electron chi connectivity index (χ1n) is 27.4. The van der Waals surface area contributed by atoms with Gasteiger partial charge in [0.05, 0.1) is 17.1 Å². The maximum atomic E-state index is 14.1. The summed E-state index contributed by atoms with van der Waals surface area (Å²) in [6.45, 7) is 2.79. The first-order chi connectivity index (χ1) is 41.5. The number of aromatic nitrogens is 11. The van der Waals surface area contributed by atoms with Crippen molar-refractivity contribution in [3.8, 4) is 33.8 Å². The number of carboxylic acid groups (broad SMARTS) is 1. The standard InChI is InChI=1S/C23H23ClN6O.C22H21N5O2.C19H16FN5/c1-29(2)12-10-26-23(31)17-5-3-4-16(14-17)20-15-30-13-11-25-22(30)21(28-20)27-19-8-6-18(24)7-9-19;28-20(29)6-3-16-1-4-18(5-2-16)19-15-27-14-13-25-22(27)21(26-19)24-12-9-17-7-10-23-11-8-17;20-16-6-2-1-5-15(16)17-13-25-11-10-23-19(25)18(24-17)22-9-7-14-4-3-8-21-12-14/h3-9,11,13-15H,10,12H2,1-2H3,(H,26,31)(H,27,28);1-2,4-5,7-8,10-11,13-15H,3,6,9,12H2,(H,24,26)(H,28,29);1-6,8,10-13H,7,9H2,(H,22,24). The van der Waals surface area contributed by atoms with Crippen LogP contribution in [0.2, 0.25) is 5.02 Å². The number of aryl methyl sites for hydroxylation is 1. The number of nitrogens with zero attached hydrogens (tertiary/aromatic N) is 12. The number of hydrogen-bond donors (Lipinski definition) is 5. The number of amides is 1. The molecule has 0 fully saturated rings. The van der Waals surface area contributed by atoms with Gasteiger partial charge in [0.1, 0.15) is 5.82 Å². The van der Waals surface area contributed by atoms with Crippen molar-refractivity contribution in [2.45, 2.75) is 25.7 Å². The maximum Gasteiger partial charge on any atom is 0.303 e. The van der Waals surface area contributed by atoms with E-state index in [-0.39, 0.29) is 18.1 Å². The van der Waals surface area contributed by atoms with Crippen molar-refractivity contribution >= 4 is 63.6 Å². The van der Waals surface area contributed by atoms with E-state index in [1.807, 2.05) is 160 Å². The van der Waals surface area contributed by atoms with E-state index in [1.54, 1.807) is 67.6 Å². The van der Waals surface area contributed by atoms with E-state index in [0.717, 1.165) is 76.7 Å². The summed E-state index contributed by atoms with van der Waals surface area (Å²) in [7, 11) is 3.95. The van der Waals surface area contributed by atoms with Gasteiger partial charge in [-0.3, -0.25) is 19.6 Å². The molecule has 0 aliphatic rings. The highest BCUT2D eigenvalue weighted by Crippen LogP contribution is 2.28. The summed E-state index contributed by atoms with van der Waals surface area (Å²) in [5, 5.41) is 22.5. The molecule has 21 heteroatoms. The average Bonchev–Trinajstić information content (AvgIpc) is 4.10. The van der Waals surface area contributed by atoms with Crippen molar-refractivity contribution < 1.29 is 19.1 Å². The summed E-state index contributed by atoms with van der Waals surface area (Å²) < 4.78 is 19.8. The van der Waals surface area contributed by atoms with Gasteiger partial charge in [-0.15, -0.1) is 0 Å². The molecular formula is C64H60ClFN16O3. The van der Waals surface area contributed by atoms with E-state index in [1.165, 1.54) is 11.6 Å². The number of pyridine rings is 2. The third-order valence-electron chi connectivity index (χ3n) is 13.4. The van der Waals surface area contributed by atoms with Crippen LogP contribution >= 0.6 is 11.6 Å². The molecule has 0 saturated heterocycles. The largest absolute Gasteiger partial charge is 0.481 e. The fraction of sp³-hybridized carbons (Fsp3) is 0.156. The van der Waals surface area contributed by atoms with E-state index in [2.05, 4.69) is 51.2 Å². The predicted molar refractivity (Wildman–Crippen MR) is 330 cm³/mol. The lowest BCUT2D eigenvalue weighted by Gasteiger charge is -2.12. The molecule has 8 heterocycles. The Kier molecular flexibility index (Phi) is 19.0. The zero-order valence-electron chi connectivity index (χ0n) is 46.6. The highest BCUT2D eigenvalue weighted by atomic mass is 35.5. The quantitative estimate of drug-likeness (QED) is 0.0479. The van der Waals surface area contributed by atoms with Crippen molar-refractivity contribution in [3.05, 3.63) is 235 Å². The van der Waals surface area contributed by atoms with Crippen LogP contribution < -0.4 is 21.3 Å². The molecule has 0 bridgehead atoms. The number of halogens is 2. The third-order valence-corrected chi connectivity index (χ3v) is 13.7. The van der Waals surface area contributed by atoms with Crippen LogP contribution in [-0.4, -0.2) is 115 Å². The zero-order valence-corrected chi connectivity index (χ0v) is 47.4. The highest BCUT2D eigenvalue weighted by molar-refractivity contribution is 6.30. The molecule has 85 heavy (non-hydrogen) atoms. The molecule has 0 atom stereocenters. The van der Waals surface area contributed by atoms with E-state index < -0.39 is 5.97 Å². The van der Waals surface area contributed by atoms with Crippen molar-refractivity contribution in [1.82, 2.24) is 63.3 Å². The predicted octanol–water partition coefficient (Wildman–Crippen LogP) is 11.1. The number of likely N-dealkylation sites (N-methyl/N-ethyl adjacent to an activating group) is 1. The Morgan fingerprint density at radius 2 is 1.18 bits per heavy atom. The zero-order chi connectivity index (χ0) is 58.9. The number of rotatable bonds is 20. The van der Waals surface area contributed by atoms with Gasteiger partial charge in [-0.25, -0.2) is 34.3 Å². The molecular weight excluding hydrogens is 1100 g/mol. The third kappa shape index (κ3) is 15.6. The minimum atomic E-state index is -0.788. The SMILES string of the molecule is CN(C)CCNC(=O)c1cccc(-c2cn3ccnc3c(Nc3ccc(Cl)cc3)n2)c1.Fc1ccccc1-c1cn2ccnc2c(NCCc2cccnc2)n1.O=C(O)CCc1ccc(-c2cn3ccnc3c(NCCc3ccncc3)n2)cc1. The molecule has 5 N–H and O–H groups in total. The number of carboxylic acids is 1. The van der Waals surface area contributed by atoms with Crippen LogP contribution in [-0.2, 0) is 24.1 Å². The van der Waals surface area contributed by atoms with Gasteiger partial charge in [-0.05, 0) is 117 Å². The van der Waals surface area contributed by atoms with Gasteiger partial charge < -0.3 is 44.5 Å². The second-order valence-corrected chi connectivity index (χ2v) is 20.2. The summed E-state index contributed by atoms with van der Waals surface area (Å²) in [6, 6.07) is 37.3. The van der Waals surface area contributed by atoms with E-state index in [9.17, 15) is 14.0 Å². The van der Waals surface area contributed by atoms with Gasteiger partial charge >= 0.3 is 5.97 Å². The van der Waals surface area contributed by atoms with Crippen LogP contribution in [0, 0.1) is 5.82 Å². The molecule has 4 aromatic carbocycles. The van der Waals surface area contributed by atoms with E-state index >= 15 is 0 Å². The molecule has 19 nitrogen and oxygen atoms in total. The number of benzene rings is 4. The lowest BCUT2D eigenvalue weighted by atomic mass is 10.1. The summed E-state index contributed by atoms with van der Waals surface area (Å²) in [5.41, 5.74) is 11.4. The molecule has 1 amide bonds. The molecule has 0 radical (unpaired) electrons. The van der Waals surface area contributed by atoms with Gasteiger partial charge in [0.2, 0.25) is 0 Å². The molecule has 8 aromatic heterocycles. The van der Waals surface area contributed by atoms with Crippen molar-refractivity contribution in [2.75, 3.05) is 56.2 Å². The van der Waals surface area contributed by atoms with Crippen LogP contribution in [0.5, 0.6) is 0 Å². The molecule has 0 unspecified atom stereocenters. The van der Waals surface area contributed by atoms with Gasteiger partial charge in [-0.1, -0.05) is 66.2 Å². The number of carbonyl (C=O) groups excluding carboxylic acids is 1. The Balaban J connectivity index is 0.000000143. The lowest BCUT2D eigenvalue weighted by Crippen LogP contribution is -2.31. The normalized spacial score (nSPS) is 11.0. The Hall–Kier alpha value is -10.4. The van der Waals surface area contributed by atoms with Crippen molar-refractivity contribution in [3.63, 3.8) is 0 Å². The molecule has 12 aromatic rings. The first kappa shape index (κ1) is 57.8. The first-order valence-corrected chi connectivity index (χ1v) is 27.8. The number of carbonyl (C=O) groups is 2. The molecule has 0 spiro atoms. The monoisotopic (exact) mass is 1150 g/mol. The van der Waals surface area contributed by atoms with Crippen molar-refractivity contribution in [2.24, 2.45) is 0 Å². The average molecular weight is 1160 g/mol. The fourth-order valence-electron chi connectivity index (χ4n) is 9.02. The van der Waals surface area contributed by atoms with Gasteiger partial charge in [0.25, 0.3) is 5.91 Å². The highest BCUT2D eigenvalue weighted by Gasteiger charge is 2.15. The number of hydrogen-bond acceptors (Lipinski definition) is 14. The van der Waals surface area contributed by atoms with Gasteiger partial charge in [-0.2, -0.15) is 0 Å². The smallest absolute Gasteiger partial charge is 0.303 e. The number of imidazole rings is 3.